The summed E-state index contributed by atoms with van der Waals surface area (Å²) in [6, 6.07) is 6.16. The zero-order valence-corrected chi connectivity index (χ0v) is 12.9. The summed E-state index contributed by atoms with van der Waals surface area (Å²) in [6.45, 7) is 3.80. The molecule has 1 fully saturated rings. The molecule has 4 nitrogen and oxygen atoms in total. The van der Waals surface area contributed by atoms with Crippen LogP contribution in [0, 0.1) is 0 Å². The molecule has 1 unspecified atom stereocenters. The highest BCUT2D eigenvalue weighted by molar-refractivity contribution is 7.99. The number of thioether (sulfide) groups is 1. The number of nitrogens with zero attached hydrogens (tertiary/aromatic N) is 1. The zero-order chi connectivity index (χ0) is 14.7. The van der Waals surface area contributed by atoms with Gasteiger partial charge in [0.15, 0.2) is 11.5 Å². The lowest BCUT2D eigenvalue weighted by atomic mass is 10.1. The summed E-state index contributed by atoms with van der Waals surface area (Å²) in [7, 11) is 0. The van der Waals surface area contributed by atoms with E-state index < -0.39 is 0 Å². The first-order valence-corrected chi connectivity index (χ1v) is 8.25. The Morgan fingerprint density at radius 1 is 1.33 bits per heavy atom. The Morgan fingerprint density at radius 2 is 2.19 bits per heavy atom. The van der Waals surface area contributed by atoms with Crippen molar-refractivity contribution in [3.05, 3.63) is 35.9 Å². The van der Waals surface area contributed by atoms with Gasteiger partial charge >= 0.3 is 0 Å². The van der Waals surface area contributed by atoms with E-state index in [-0.39, 0.29) is 5.91 Å². The number of rotatable bonds is 2. The van der Waals surface area contributed by atoms with E-state index in [4.69, 9.17) is 9.47 Å². The van der Waals surface area contributed by atoms with Gasteiger partial charge in [-0.3, -0.25) is 4.79 Å². The van der Waals surface area contributed by atoms with Crippen molar-refractivity contribution in [2.75, 3.05) is 25.6 Å². The third-order valence-electron chi connectivity index (χ3n) is 3.73. The number of hydrogen-bond donors (Lipinski definition) is 0. The highest BCUT2D eigenvalue weighted by atomic mass is 32.2. The van der Waals surface area contributed by atoms with Crippen LogP contribution in [0.2, 0.25) is 0 Å². The molecule has 1 atom stereocenters. The van der Waals surface area contributed by atoms with Gasteiger partial charge in [-0.2, -0.15) is 11.8 Å². The largest absolute Gasteiger partial charge is 0.454 e. The van der Waals surface area contributed by atoms with Gasteiger partial charge in [0, 0.05) is 24.1 Å². The number of hydrogen-bond acceptors (Lipinski definition) is 4. The SMILES string of the molecule is C/C=C/C(=O)N1CCSC(c2ccc3c(c2)OCO3)CC1. The molecular weight excluding hydrogens is 286 g/mol. The van der Waals surface area contributed by atoms with E-state index in [1.54, 1.807) is 12.2 Å². The third kappa shape index (κ3) is 3.18. The lowest BCUT2D eigenvalue weighted by Gasteiger charge is -2.18. The van der Waals surface area contributed by atoms with Crippen LogP contribution in [0.15, 0.2) is 30.4 Å². The molecule has 0 saturated carbocycles. The second-order valence-electron chi connectivity index (χ2n) is 5.09. The van der Waals surface area contributed by atoms with Gasteiger partial charge in [-0.05, 0) is 37.1 Å². The van der Waals surface area contributed by atoms with Crippen LogP contribution < -0.4 is 9.47 Å². The Kier molecular flexibility index (Phi) is 4.39. The standard InChI is InChI=1S/C16H19NO3S/c1-2-3-16(18)17-7-6-15(21-9-8-17)12-4-5-13-14(10-12)20-11-19-13/h2-5,10,15H,6-9,11H2,1H3/b3-2+. The van der Waals surface area contributed by atoms with E-state index in [1.807, 2.05) is 29.7 Å². The molecule has 5 heteroatoms. The molecular formula is C16H19NO3S. The molecule has 2 aliphatic heterocycles. The van der Waals surface area contributed by atoms with E-state index in [1.165, 1.54) is 5.56 Å². The number of ether oxygens (including phenoxy) is 2. The summed E-state index contributed by atoms with van der Waals surface area (Å²) in [4.78, 5) is 13.9. The Bertz CT molecular complexity index is 558. The lowest BCUT2D eigenvalue weighted by molar-refractivity contribution is -0.125. The minimum atomic E-state index is 0.115. The van der Waals surface area contributed by atoms with Crippen LogP contribution in [0.25, 0.3) is 0 Å². The summed E-state index contributed by atoms with van der Waals surface area (Å²) in [5.74, 6) is 2.73. The van der Waals surface area contributed by atoms with Gasteiger partial charge in [0.25, 0.3) is 0 Å². The van der Waals surface area contributed by atoms with Crippen LogP contribution in [0.3, 0.4) is 0 Å². The minimum absolute atomic E-state index is 0.115. The number of carbonyl (C=O) groups excluding carboxylic acids is 1. The Balaban J connectivity index is 1.69. The highest BCUT2D eigenvalue weighted by Crippen LogP contribution is 2.40. The number of allylic oxidation sites excluding steroid dienone is 1. The first-order chi connectivity index (χ1) is 10.3. The van der Waals surface area contributed by atoms with Crippen LogP contribution >= 0.6 is 11.8 Å². The molecule has 2 heterocycles. The normalized spacial score (nSPS) is 21.6. The number of benzene rings is 1. The Labute approximate surface area is 129 Å². The van der Waals surface area contributed by atoms with E-state index in [2.05, 4.69) is 12.1 Å². The predicted molar refractivity (Wildman–Crippen MR) is 83.8 cm³/mol. The Morgan fingerprint density at radius 3 is 3.05 bits per heavy atom. The first-order valence-electron chi connectivity index (χ1n) is 7.20. The number of amides is 1. The predicted octanol–water partition coefficient (Wildman–Crippen LogP) is 3.00. The fourth-order valence-corrected chi connectivity index (χ4v) is 3.84. The van der Waals surface area contributed by atoms with Gasteiger partial charge in [0.2, 0.25) is 12.7 Å². The van der Waals surface area contributed by atoms with E-state index >= 15 is 0 Å². The average molecular weight is 305 g/mol. The van der Waals surface area contributed by atoms with Crippen molar-refractivity contribution in [3.63, 3.8) is 0 Å². The lowest BCUT2D eigenvalue weighted by Crippen LogP contribution is -2.31. The number of fused-ring (bicyclic) bond motifs is 1. The zero-order valence-electron chi connectivity index (χ0n) is 12.1. The third-order valence-corrected chi connectivity index (χ3v) is 5.06. The molecule has 1 amide bonds. The van der Waals surface area contributed by atoms with Gasteiger partial charge in [0.05, 0.1) is 0 Å². The molecule has 0 bridgehead atoms. The second kappa shape index (κ2) is 6.43. The monoisotopic (exact) mass is 305 g/mol. The van der Waals surface area contributed by atoms with Gasteiger partial charge in [-0.15, -0.1) is 0 Å². The summed E-state index contributed by atoms with van der Waals surface area (Å²) >= 11 is 1.91. The minimum Gasteiger partial charge on any atom is -0.454 e. The summed E-state index contributed by atoms with van der Waals surface area (Å²) in [5.41, 5.74) is 1.25. The van der Waals surface area contributed by atoms with Crippen LogP contribution in [0.5, 0.6) is 11.5 Å². The van der Waals surface area contributed by atoms with Crippen LogP contribution in [-0.4, -0.2) is 36.4 Å². The Hall–Kier alpha value is -1.62. The van der Waals surface area contributed by atoms with Crippen molar-refractivity contribution in [2.45, 2.75) is 18.6 Å². The number of carbonyl (C=O) groups is 1. The highest BCUT2D eigenvalue weighted by Gasteiger charge is 2.23. The van der Waals surface area contributed by atoms with E-state index in [0.29, 0.717) is 12.0 Å². The maximum absolute atomic E-state index is 11.9. The molecule has 3 rings (SSSR count). The molecule has 2 aliphatic rings. The fourth-order valence-electron chi connectivity index (χ4n) is 2.62. The molecule has 1 saturated heterocycles. The van der Waals surface area contributed by atoms with Crippen LogP contribution in [0.4, 0.5) is 0 Å². The molecule has 0 N–H and O–H groups in total. The maximum Gasteiger partial charge on any atom is 0.246 e. The molecule has 0 aromatic heterocycles. The summed E-state index contributed by atoms with van der Waals surface area (Å²) in [6.07, 6.45) is 4.41. The summed E-state index contributed by atoms with van der Waals surface area (Å²) < 4.78 is 10.8. The topological polar surface area (TPSA) is 38.8 Å². The van der Waals surface area contributed by atoms with Crippen molar-refractivity contribution in [1.29, 1.82) is 0 Å². The van der Waals surface area contributed by atoms with Crippen LogP contribution in [0.1, 0.15) is 24.2 Å². The van der Waals surface area contributed by atoms with Crippen molar-refractivity contribution in [1.82, 2.24) is 4.90 Å². The molecule has 1 aromatic rings. The molecule has 0 radical (unpaired) electrons. The average Bonchev–Trinajstić information content (AvgIpc) is 2.82. The first kappa shape index (κ1) is 14.3. The molecule has 0 spiro atoms. The van der Waals surface area contributed by atoms with Crippen molar-refractivity contribution in [2.24, 2.45) is 0 Å². The van der Waals surface area contributed by atoms with Gasteiger partial charge < -0.3 is 14.4 Å². The molecule has 112 valence electrons. The molecule has 1 aromatic carbocycles. The maximum atomic E-state index is 11.9. The van der Waals surface area contributed by atoms with Crippen molar-refractivity contribution < 1.29 is 14.3 Å². The fraction of sp³-hybridized carbons (Fsp3) is 0.438. The summed E-state index contributed by atoms with van der Waals surface area (Å²) in [5, 5.41) is 0.405. The van der Waals surface area contributed by atoms with E-state index in [0.717, 1.165) is 36.8 Å². The van der Waals surface area contributed by atoms with Crippen LogP contribution in [-0.2, 0) is 4.79 Å². The molecule has 21 heavy (non-hydrogen) atoms. The quantitative estimate of drug-likeness (QED) is 0.787. The van der Waals surface area contributed by atoms with Crippen molar-refractivity contribution in [3.8, 4) is 11.5 Å². The van der Waals surface area contributed by atoms with Gasteiger partial charge in [-0.25, -0.2) is 0 Å². The molecule has 0 aliphatic carbocycles. The smallest absolute Gasteiger partial charge is 0.246 e. The van der Waals surface area contributed by atoms with Gasteiger partial charge in [0.1, 0.15) is 0 Å². The van der Waals surface area contributed by atoms with E-state index in [9.17, 15) is 4.79 Å². The van der Waals surface area contributed by atoms with Gasteiger partial charge in [-0.1, -0.05) is 12.1 Å². The second-order valence-corrected chi connectivity index (χ2v) is 6.40. The van der Waals surface area contributed by atoms with Crippen molar-refractivity contribution >= 4 is 17.7 Å².